The van der Waals surface area contributed by atoms with E-state index in [1.807, 2.05) is 48.5 Å². The van der Waals surface area contributed by atoms with Crippen LogP contribution in [-0.2, 0) is 10.3 Å². The normalized spacial score (nSPS) is 15.5. The maximum Gasteiger partial charge on any atom is 0.244 e. The number of hydrogen-bond acceptors (Lipinski definition) is 2. The van der Waals surface area contributed by atoms with Crippen LogP contribution in [-0.4, -0.2) is 13.0 Å². The third-order valence-electron chi connectivity index (χ3n) is 3.98. The molecular formula is C19H19NO2. The van der Waals surface area contributed by atoms with E-state index in [0.717, 1.165) is 24.2 Å². The molecule has 0 bridgehead atoms. The number of rotatable bonds is 5. The Balaban J connectivity index is 1.64. The van der Waals surface area contributed by atoms with Gasteiger partial charge < -0.3 is 10.1 Å². The van der Waals surface area contributed by atoms with Crippen molar-refractivity contribution in [2.75, 3.05) is 7.11 Å². The molecule has 0 radical (unpaired) electrons. The van der Waals surface area contributed by atoms with Crippen LogP contribution in [0.4, 0.5) is 0 Å². The van der Waals surface area contributed by atoms with Gasteiger partial charge in [0.2, 0.25) is 5.91 Å². The predicted octanol–water partition coefficient (Wildman–Crippen LogP) is 3.51. The van der Waals surface area contributed by atoms with Gasteiger partial charge in [-0.25, -0.2) is 0 Å². The van der Waals surface area contributed by atoms with Crippen LogP contribution in [0.15, 0.2) is 60.7 Å². The highest BCUT2D eigenvalue weighted by atomic mass is 16.5. The third-order valence-corrected chi connectivity index (χ3v) is 3.98. The highest BCUT2D eigenvalue weighted by Crippen LogP contribution is 2.45. The number of ether oxygens (including phenoxy) is 1. The first-order valence-electron chi connectivity index (χ1n) is 7.42. The van der Waals surface area contributed by atoms with Crippen LogP contribution in [0, 0.1) is 0 Å². The minimum absolute atomic E-state index is 0.0582. The van der Waals surface area contributed by atoms with Crippen molar-refractivity contribution >= 4 is 12.0 Å². The van der Waals surface area contributed by atoms with Crippen molar-refractivity contribution in [1.82, 2.24) is 5.32 Å². The molecule has 0 unspecified atom stereocenters. The van der Waals surface area contributed by atoms with Gasteiger partial charge in [-0.1, -0.05) is 42.5 Å². The number of carbonyl (C=O) groups excluding carboxylic acids is 1. The summed E-state index contributed by atoms with van der Waals surface area (Å²) in [4.78, 5) is 12.1. The molecule has 0 atom stereocenters. The van der Waals surface area contributed by atoms with Gasteiger partial charge in [-0.3, -0.25) is 4.79 Å². The molecule has 3 heteroatoms. The van der Waals surface area contributed by atoms with E-state index in [-0.39, 0.29) is 11.4 Å². The lowest BCUT2D eigenvalue weighted by Crippen LogP contribution is -2.33. The molecule has 22 heavy (non-hydrogen) atoms. The van der Waals surface area contributed by atoms with Crippen molar-refractivity contribution in [2.45, 2.75) is 18.4 Å². The molecule has 1 aliphatic carbocycles. The third kappa shape index (κ3) is 3.19. The molecule has 0 aromatic heterocycles. The second kappa shape index (κ2) is 6.06. The first kappa shape index (κ1) is 14.4. The van der Waals surface area contributed by atoms with Gasteiger partial charge in [0, 0.05) is 6.08 Å². The van der Waals surface area contributed by atoms with Crippen LogP contribution in [0.1, 0.15) is 24.0 Å². The number of carbonyl (C=O) groups is 1. The zero-order valence-corrected chi connectivity index (χ0v) is 12.6. The monoisotopic (exact) mass is 293 g/mol. The topological polar surface area (TPSA) is 38.3 Å². The Labute approximate surface area is 130 Å². The van der Waals surface area contributed by atoms with E-state index in [2.05, 4.69) is 17.4 Å². The Morgan fingerprint density at radius 1 is 1.09 bits per heavy atom. The Bertz CT molecular complexity index is 670. The molecule has 1 N–H and O–H groups in total. The zero-order valence-electron chi connectivity index (χ0n) is 12.6. The Kier molecular flexibility index (Phi) is 3.96. The fourth-order valence-corrected chi connectivity index (χ4v) is 2.53. The number of amides is 1. The molecule has 2 aromatic carbocycles. The van der Waals surface area contributed by atoms with Gasteiger partial charge in [0.1, 0.15) is 5.75 Å². The number of hydrogen-bond donors (Lipinski definition) is 1. The SMILES string of the molecule is COc1ccc(/C=C/C(=O)NC2(c3ccccc3)CC2)cc1. The molecule has 3 rings (SSSR count). The summed E-state index contributed by atoms with van der Waals surface area (Å²) in [5.41, 5.74) is 1.99. The van der Waals surface area contributed by atoms with Crippen LogP contribution < -0.4 is 10.1 Å². The van der Waals surface area contributed by atoms with Crippen LogP contribution in [0.2, 0.25) is 0 Å². The molecule has 3 nitrogen and oxygen atoms in total. The minimum Gasteiger partial charge on any atom is -0.497 e. The van der Waals surface area contributed by atoms with Crippen molar-refractivity contribution in [2.24, 2.45) is 0 Å². The Morgan fingerprint density at radius 2 is 1.77 bits per heavy atom. The van der Waals surface area contributed by atoms with E-state index >= 15 is 0 Å². The maximum absolute atomic E-state index is 12.1. The quantitative estimate of drug-likeness (QED) is 0.857. The largest absolute Gasteiger partial charge is 0.497 e. The average Bonchev–Trinajstić information content (AvgIpc) is 3.35. The summed E-state index contributed by atoms with van der Waals surface area (Å²) >= 11 is 0. The zero-order chi connectivity index (χ0) is 15.4. The van der Waals surface area contributed by atoms with Gasteiger partial charge in [-0.15, -0.1) is 0 Å². The lowest BCUT2D eigenvalue weighted by molar-refractivity contribution is -0.117. The number of nitrogens with one attached hydrogen (secondary N) is 1. The van der Waals surface area contributed by atoms with Gasteiger partial charge in [-0.2, -0.15) is 0 Å². The first-order chi connectivity index (χ1) is 10.7. The van der Waals surface area contributed by atoms with E-state index in [4.69, 9.17) is 4.74 Å². The van der Waals surface area contributed by atoms with Gasteiger partial charge in [0.15, 0.2) is 0 Å². The van der Waals surface area contributed by atoms with Gasteiger partial charge in [0.05, 0.1) is 12.6 Å². The van der Waals surface area contributed by atoms with Crippen molar-refractivity contribution in [3.63, 3.8) is 0 Å². The molecule has 0 heterocycles. The molecule has 0 aliphatic heterocycles. The predicted molar refractivity (Wildman–Crippen MR) is 87.5 cm³/mol. The maximum atomic E-state index is 12.1. The fraction of sp³-hybridized carbons (Fsp3) is 0.211. The summed E-state index contributed by atoms with van der Waals surface area (Å²) in [5.74, 6) is 0.750. The fourth-order valence-electron chi connectivity index (χ4n) is 2.53. The summed E-state index contributed by atoms with van der Waals surface area (Å²) in [7, 11) is 1.64. The molecule has 1 fully saturated rings. The van der Waals surface area contributed by atoms with E-state index in [1.165, 1.54) is 5.56 Å². The Hall–Kier alpha value is -2.55. The van der Waals surface area contributed by atoms with Crippen LogP contribution in [0.5, 0.6) is 5.75 Å². The summed E-state index contributed by atoms with van der Waals surface area (Å²) < 4.78 is 5.11. The second-order valence-corrected chi connectivity index (χ2v) is 5.54. The molecule has 0 spiro atoms. The minimum atomic E-state index is -0.164. The van der Waals surface area contributed by atoms with Crippen molar-refractivity contribution < 1.29 is 9.53 Å². The van der Waals surface area contributed by atoms with Gasteiger partial charge in [-0.05, 0) is 42.2 Å². The lowest BCUT2D eigenvalue weighted by Gasteiger charge is -2.16. The molecule has 112 valence electrons. The van der Waals surface area contributed by atoms with Crippen molar-refractivity contribution in [3.05, 3.63) is 71.8 Å². The van der Waals surface area contributed by atoms with Gasteiger partial charge in [0.25, 0.3) is 0 Å². The van der Waals surface area contributed by atoms with E-state index < -0.39 is 0 Å². The summed E-state index contributed by atoms with van der Waals surface area (Å²) in [6.45, 7) is 0. The molecule has 1 amide bonds. The van der Waals surface area contributed by atoms with Gasteiger partial charge >= 0.3 is 0 Å². The molecular weight excluding hydrogens is 274 g/mol. The molecule has 0 saturated heterocycles. The molecule has 1 saturated carbocycles. The first-order valence-corrected chi connectivity index (χ1v) is 7.42. The average molecular weight is 293 g/mol. The second-order valence-electron chi connectivity index (χ2n) is 5.54. The Morgan fingerprint density at radius 3 is 2.36 bits per heavy atom. The van der Waals surface area contributed by atoms with Crippen LogP contribution in [0.3, 0.4) is 0 Å². The smallest absolute Gasteiger partial charge is 0.244 e. The standard InChI is InChI=1S/C19H19NO2/c1-22-17-10-7-15(8-11-17)9-12-18(21)20-19(13-14-19)16-5-3-2-4-6-16/h2-12H,13-14H2,1H3,(H,20,21)/b12-9+. The molecule has 1 aliphatic rings. The molecule has 2 aromatic rings. The van der Waals surface area contributed by atoms with E-state index in [1.54, 1.807) is 13.2 Å². The number of methoxy groups -OCH3 is 1. The summed E-state index contributed by atoms with van der Waals surface area (Å²) in [6.07, 6.45) is 5.40. The van der Waals surface area contributed by atoms with Crippen molar-refractivity contribution in [3.8, 4) is 5.75 Å². The summed E-state index contributed by atoms with van der Waals surface area (Å²) in [6, 6.07) is 17.8. The van der Waals surface area contributed by atoms with Crippen LogP contribution >= 0.6 is 0 Å². The summed E-state index contributed by atoms with van der Waals surface area (Å²) in [5, 5.41) is 3.13. The van der Waals surface area contributed by atoms with Crippen LogP contribution in [0.25, 0.3) is 6.08 Å². The van der Waals surface area contributed by atoms with E-state index in [0.29, 0.717) is 0 Å². The highest BCUT2D eigenvalue weighted by Gasteiger charge is 2.45. The lowest BCUT2D eigenvalue weighted by atomic mass is 10.1. The van der Waals surface area contributed by atoms with E-state index in [9.17, 15) is 4.79 Å². The number of benzene rings is 2. The van der Waals surface area contributed by atoms with Crippen molar-refractivity contribution in [1.29, 1.82) is 0 Å². The highest BCUT2D eigenvalue weighted by molar-refractivity contribution is 5.92.